The number of aromatic nitrogens is 3. The van der Waals surface area contributed by atoms with Gasteiger partial charge in [0.05, 0.1) is 11.3 Å². The summed E-state index contributed by atoms with van der Waals surface area (Å²) in [6, 6.07) is 1.88. The molecule has 3 heterocycles. The molecule has 2 aliphatic rings. The van der Waals surface area contributed by atoms with Crippen LogP contribution in [0.15, 0.2) is 18.5 Å². The average molecular weight is 339 g/mol. The molecule has 6 heteroatoms. The van der Waals surface area contributed by atoms with Crippen LogP contribution in [0.5, 0.6) is 0 Å². The van der Waals surface area contributed by atoms with Gasteiger partial charge in [0.2, 0.25) is 5.95 Å². The predicted octanol–water partition coefficient (Wildman–Crippen LogP) is 2.30. The number of rotatable bonds is 2. The molecule has 2 aromatic heterocycles. The monoisotopic (exact) mass is 339 g/mol. The van der Waals surface area contributed by atoms with Crippen molar-refractivity contribution in [2.24, 2.45) is 0 Å². The Hall–Kier alpha value is -2.37. The number of nitrogens with one attached hydrogen (secondary N) is 1. The normalized spacial score (nSPS) is 22.3. The highest BCUT2D eigenvalue weighted by Crippen LogP contribution is 2.44. The molecule has 2 aromatic rings. The minimum atomic E-state index is -0.0127. The third-order valence-corrected chi connectivity index (χ3v) is 5.68. The summed E-state index contributed by atoms with van der Waals surface area (Å²) in [5.74, 6) is 0.887. The fraction of sp³-hybridized carbons (Fsp3) is 0.526. The van der Waals surface area contributed by atoms with E-state index in [-0.39, 0.29) is 11.3 Å². The summed E-state index contributed by atoms with van der Waals surface area (Å²) >= 11 is 0. The van der Waals surface area contributed by atoms with Crippen LogP contribution >= 0.6 is 0 Å². The van der Waals surface area contributed by atoms with Gasteiger partial charge < -0.3 is 14.8 Å². The van der Waals surface area contributed by atoms with E-state index in [0.29, 0.717) is 0 Å². The number of carbonyl (C=O) groups excluding carboxylic acids is 1. The second-order valence-electron chi connectivity index (χ2n) is 7.57. The smallest absolute Gasteiger partial charge is 0.255 e. The van der Waals surface area contributed by atoms with Gasteiger partial charge in [0.15, 0.2) is 0 Å². The van der Waals surface area contributed by atoms with Gasteiger partial charge >= 0.3 is 0 Å². The summed E-state index contributed by atoms with van der Waals surface area (Å²) < 4.78 is 0. The topological polar surface area (TPSA) is 65.1 Å². The maximum atomic E-state index is 13.0. The molecule has 6 nitrogen and oxygen atoms in total. The van der Waals surface area contributed by atoms with Gasteiger partial charge in [0.25, 0.3) is 5.91 Å². The minimum absolute atomic E-state index is 0.0127. The molecule has 4 rings (SSSR count). The number of H-pyrrole nitrogens is 1. The van der Waals surface area contributed by atoms with Crippen molar-refractivity contribution in [1.29, 1.82) is 0 Å². The standard InChI is InChI=1S/C19H25N5O/c1-13-15(6-9-20-13)17(25)24-10-4-7-19(12-24)8-5-14-11-21-18(23(2)3)22-16(14)19/h6,9,11,20H,4-5,7-8,10,12H2,1-3H3. The Morgan fingerprint density at radius 2 is 2.20 bits per heavy atom. The largest absolute Gasteiger partial charge is 0.365 e. The van der Waals surface area contributed by atoms with Crippen molar-refractivity contribution in [3.05, 3.63) is 41.0 Å². The van der Waals surface area contributed by atoms with Crippen molar-refractivity contribution in [1.82, 2.24) is 19.9 Å². The van der Waals surface area contributed by atoms with Gasteiger partial charge in [0.1, 0.15) is 0 Å². The molecule has 1 spiro atoms. The number of fused-ring (bicyclic) bond motifs is 2. The lowest BCUT2D eigenvalue weighted by Gasteiger charge is -2.40. The summed E-state index contributed by atoms with van der Waals surface area (Å²) in [6.45, 7) is 3.54. The Labute approximate surface area is 148 Å². The number of aromatic amines is 1. The number of anilines is 1. The fourth-order valence-electron chi connectivity index (χ4n) is 4.30. The predicted molar refractivity (Wildman–Crippen MR) is 97.0 cm³/mol. The molecule has 0 saturated carbocycles. The molecule has 0 radical (unpaired) electrons. The maximum absolute atomic E-state index is 13.0. The highest BCUT2D eigenvalue weighted by atomic mass is 16.2. The van der Waals surface area contributed by atoms with Gasteiger partial charge in [-0.05, 0) is 44.2 Å². The molecular weight excluding hydrogens is 314 g/mol. The van der Waals surface area contributed by atoms with E-state index in [4.69, 9.17) is 4.98 Å². The number of hydrogen-bond donors (Lipinski definition) is 1. The lowest BCUT2D eigenvalue weighted by Crippen LogP contribution is -2.48. The summed E-state index contributed by atoms with van der Waals surface area (Å²) in [5, 5.41) is 0. The van der Waals surface area contributed by atoms with Crippen LogP contribution in [0, 0.1) is 6.92 Å². The summed E-state index contributed by atoms with van der Waals surface area (Å²) in [7, 11) is 3.93. The third-order valence-electron chi connectivity index (χ3n) is 5.68. The summed E-state index contributed by atoms with van der Waals surface area (Å²) in [4.78, 5) is 29.4. The van der Waals surface area contributed by atoms with Crippen molar-refractivity contribution in [3.63, 3.8) is 0 Å². The molecule has 0 aromatic carbocycles. The zero-order valence-corrected chi connectivity index (χ0v) is 15.2. The molecule has 1 amide bonds. The molecule has 1 fully saturated rings. The Bertz CT molecular complexity index is 808. The van der Waals surface area contributed by atoms with Crippen LogP contribution in [0.4, 0.5) is 5.95 Å². The number of carbonyl (C=O) groups is 1. The first-order chi connectivity index (χ1) is 12.0. The Kier molecular flexibility index (Phi) is 3.78. The van der Waals surface area contributed by atoms with Crippen LogP contribution in [0.25, 0.3) is 0 Å². The van der Waals surface area contributed by atoms with E-state index in [2.05, 4.69) is 9.97 Å². The number of aryl methyl sites for hydroxylation is 2. The Morgan fingerprint density at radius 1 is 1.36 bits per heavy atom. The van der Waals surface area contributed by atoms with E-state index >= 15 is 0 Å². The van der Waals surface area contributed by atoms with Crippen molar-refractivity contribution in [2.75, 3.05) is 32.1 Å². The second kappa shape index (κ2) is 5.86. The van der Waals surface area contributed by atoms with E-state index in [1.54, 1.807) is 0 Å². The van der Waals surface area contributed by atoms with Gasteiger partial charge in [-0.15, -0.1) is 0 Å². The molecule has 1 atom stereocenters. The van der Waals surface area contributed by atoms with Crippen molar-refractivity contribution in [3.8, 4) is 0 Å². The van der Waals surface area contributed by atoms with E-state index in [9.17, 15) is 4.79 Å². The first-order valence-electron chi connectivity index (χ1n) is 8.97. The molecule has 0 bridgehead atoms. The van der Waals surface area contributed by atoms with E-state index in [1.807, 2.05) is 49.3 Å². The van der Waals surface area contributed by atoms with Crippen LogP contribution < -0.4 is 4.90 Å². The number of likely N-dealkylation sites (tertiary alicyclic amines) is 1. The van der Waals surface area contributed by atoms with Crippen molar-refractivity contribution in [2.45, 2.75) is 38.0 Å². The molecule has 25 heavy (non-hydrogen) atoms. The van der Waals surface area contributed by atoms with E-state index < -0.39 is 0 Å². The minimum Gasteiger partial charge on any atom is -0.365 e. The molecule has 1 N–H and O–H groups in total. The molecule has 1 aliphatic carbocycles. The highest BCUT2D eigenvalue weighted by molar-refractivity contribution is 5.95. The van der Waals surface area contributed by atoms with Gasteiger partial charge in [-0.3, -0.25) is 4.79 Å². The van der Waals surface area contributed by atoms with Crippen molar-refractivity contribution < 1.29 is 4.79 Å². The van der Waals surface area contributed by atoms with Gasteiger partial charge in [-0.1, -0.05) is 0 Å². The molecule has 1 unspecified atom stereocenters. The molecule has 1 saturated heterocycles. The molecular formula is C19H25N5O. The van der Waals surface area contributed by atoms with Crippen molar-refractivity contribution >= 4 is 11.9 Å². The Morgan fingerprint density at radius 3 is 2.92 bits per heavy atom. The molecule has 1 aliphatic heterocycles. The quantitative estimate of drug-likeness (QED) is 0.912. The van der Waals surface area contributed by atoms with Crippen LogP contribution in [-0.2, 0) is 11.8 Å². The lowest BCUT2D eigenvalue weighted by molar-refractivity contribution is 0.0633. The summed E-state index contributed by atoms with van der Waals surface area (Å²) in [5.41, 5.74) is 4.12. The fourth-order valence-corrected chi connectivity index (χ4v) is 4.30. The van der Waals surface area contributed by atoms with E-state index in [0.717, 1.165) is 61.7 Å². The molecule has 132 valence electrons. The zero-order chi connectivity index (χ0) is 17.6. The zero-order valence-electron chi connectivity index (χ0n) is 15.2. The lowest BCUT2D eigenvalue weighted by atomic mass is 9.77. The second-order valence-corrected chi connectivity index (χ2v) is 7.57. The van der Waals surface area contributed by atoms with Gasteiger partial charge in [0, 0.05) is 50.7 Å². The van der Waals surface area contributed by atoms with Gasteiger partial charge in [-0.25, -0.2) is 9.97 Å². The number of amides is 1. The summed E-state index contributed by atoms with van der Waals surface area (Å²) in [6.07, 6.45) is 8.00. The number of piperidine rings is 1. The van der Waals surface area contributed by atoms with Crippen LogP contribution in [0.2, 0.25) is 0 Å². The first-order valence-corrected chi connectivity index (χ1v) is 8.97. The maximum Gasteiger partial charge on any atom is 0.255 e. The Balaban J connectivity index is 1.65. The third kappa shape index (κ3) is 2.60. The number of hydrogen-bond acceptors (Lipinski definition) is 4. The highest BCUT2D eigenvalue weighted by Gasteiger charge is 2.45. The van der Waals surface area contributed by atoms with Crippen LogP contribution in [0.3, 0.4) is 0 Å². The number of nitrogens with zero attached hydrogens (tertiary/aromatic N) is 4. The van der Waals surface area contributed by atoms with Crippen LogP contribution in [-0.4, -0.2) is 52.9 Å². The SMILES string of the molecule is Cc1[nH]ccc1C(=O)N1CCCC2(CCc3cnc(N(C)C)nc32)C1. The average Bonchev–Trinajstić information content (AvgIpc) is 3.19. The first kappa shape index (κ1) is 16.1. The van der Waals surface area contributed by atoms with Crippen LogP contribution in [0.1, 0.15) is 46.6 Å². The van der Waals surface area contributed by atoms with Gasteiger partial charge in [-0.2, -0.15) is 0 Å². The van der Waals surface area contributed by atoms with E-state index in [1.165, 1.54) is 5.56 Å².